The van der Waals surface area contributed by atoms with Gasteiger partial charge in [-0.3, -0.25) is 4.57 Å². The van der Waals surface area contributed by atoms with Crippen molar-refractivity contribution in [1.82, 2.24) is 14.5 Å². The zero-order valence-corrected chi connectivity index (χ0v) is 12.3. The van der Waals surface area contributed by atoms with Crippen LogP contribution in [-0.2, 0) is 0 Å². The number of hydrogen-bond acceptors (Lipinski definition) is 3. The molecular weight excluding hydrogens is 296 g/mol. The van der Waals surface area contributed by atoms with Crippen LogP contribution < -0.4 is 4.80 Å². The lowest BCUT2D eigenvalue weighted by atomic mass is 10.4. The summed E-state index contributed by atoms with van der Waals surface area (Å²) in [5, 5.41) is 2.39. The van der Waals surface area contributed by atoms with Crippen LogP contribution in [0.2, 0.25) is 5.02 Å². The van der Waals surface area contributed by atoms with Crippen LogP contribution in [0.1, 0.15) is 12.8 Å². The average Bonchev–Trinajstić information content (AvgIpc) is 3.10. The molecule has 0 spiro atoms. The van der Waals surface area contributed by atoms with E-state index in [1.54, 1.807) is 27.8 Å². The van der Waals surface area contributed by atoms with Gasteiger partial charge in [0.2, 0.25) is 0 Å². The number of aromatic nitrogens is 2. The lowest BCUT2D eigenvalue weighted by molar-refractivity contribution is 0.218. The molecular formula is C13H13ClN4OS. The van der Waals surface area contributed by atoms with Gasteiger partial charge < -0.3 is 4.90 Å². The fourth-order valence-electron chi connectivity index (χ4n) is 2.13. The van der Waals surface area contributed by atoms with Gasteiger partial charge in [0.05, 0.1) is 5.02 Å². The third-order valence-electron chi connectivity index (χ3n) is 3.12. The minimum absolute atomic E-state index is 0.189. The Hall–Kier alpha value is -1.66. The Balaban J connectivity index is 1.98. The molecule has 3 rings (SSSR count). The number of pyridine rings is 1. The molecule has 0 aliphatic carbocycles. The second-order valence-electron chi connectivity index (χ2n) is 4.45. The number of carbonyl (C=O) groups excluding carboxylic acids is 1. The first-order valence-electron chi connectivity index (χ1n) is 6.36. The molecule has 2 aromatic heterocycles. The molecule has 0 saturated carbocycles. The zero-order valence-electron chi connectivity index (χ0n) is 10.7. The summed E-state index contributed by atoms with van der Waals surface area (Å²) in [4.78, 5) is 22.9. The van der Waals surface area contributed by atoms with Crippen molar-refractivity contribution in [2.75, 3.05) is 13.1 Å². The average molecular weight is 309 g/mol. The maximum Gasteiger partial charge on any atom is 0.346 e. The summed E-state index contributed by atoms with van der Waals surface area (Å²) in [6.07, 6.45) is 5.59. The van der Waals surface area contributed by atoms with Gasteiger partial charge in [0, 0.05) is 30.9 Å². The third kappa shape index (κ3) is 2.62. The van der Waals surface area contributed by atoms with Crippen molar-refractivity contribution >= 4 is 29.0 Å². The van der Waals surface area contributed by atoms with E-state index in [-0.39, 0.29) is 6.03 Å². The second kappa shape index (κ2) is 5.76. The highest BCUT2D eigenvalue weighted by atomic mass is 35.5. The van der Waals surface area contributed by atoms with Crippen molar-refractivity contribution in [2.45, 2.75) is 12.8 Å². The quantitative estimate of drug-likeness (QED) is 0.813. The topological polar surface area (TPSA) is 50.5 Å². The molecule has 2 amide bonds. The van der Waals surface area contributed by atoms with Gasteiger partial charge in [0.15, 0.2) is 10.6 Å². The first-order valence-corrected chi connectivity index (χ1v) is 7.62. The van der Waals surface area contributed by atoms with E-state index in [9.17, 15) is 4.79 Å². The Bertz CT molecular complexity index is 687. The highest BCUT2D eigenvalue weighted by Gasteiger charge is 2.17. The molecule has 0 atom stereocenters. The van der Waals surface area contributed by atoms with E-state index in [2.05, 4.69) is 9.98 Å². The molecule has 0 radical (unpaired) electrons. The summed E-state index contributed by atoms with van der Waals surface area (Å²) < 4.78 is 1.74. The van der Waals surface area contributed by atoms with Crippen LogP contribution in [0.4, 0.5) is 4.79 Å². The minimum atomic E-state index is -0.189. The maximum atomic E-state index is 12.1. The fraction of sp³-hybridized carbons (Fsp3) is 0.308. The molecule has 20 heavy (non-hydrogen) atoms. The lowest BCUT2D eigenvalue weighted by Gasteiger charge is -2.10. The number of hydrogen-bond donors (Lipinski definition) is 0. The molecule has 1 aliphatic rings. The van der Waals surface area contributed by atoms with E-state index >= 15 is 0 Å². The van der Waals surface area contributed by atoms with Gasteiger partial charge in [-0.15, -0.1) is 11.3 Å². The number of nitrogens with zero attached hydrogens (tertiary/aromatic N) is 4. The van der Waals surface area contributed by atoms with Crippen LogP contribution in [0.3, 0.4) is 0 Å². The highest BCUT2D eigenvalue weighted by Crippen LogP contribution is 2.16. The number of thiazole rings is 1. The van der Waals surface area contributed by atoms with Crippen molar-refractivity contribution in [2.24, 2.45) is 4.99 Å². The van der Waals surface area contributed by atoms with E-state index in [4.69, 9.17) is 11.6 Å². The highest BCUT2D eigenvalue weighted by molar-refractivity contribution is 7.07. The number of halogens is 1. The van der Waals surface area contributed by atoms with Crippen LogP contribution in [0.5, 0.6) is 0 Å². The molecule has 7 heteroatoms. The van der Waals surface area contributed by atoms with E-state index in [0.717, 1.165) is 25.9 Å². The first-order chi connectivity index (χ1) is 9.75. The molecule has 1 aliphatic heterocycles. The second-order valence-corrected chi connectivity index (χ2v) is 5.73. The number of rotatable bonds is 1. The number of amides is 2. The standard InChI is InChI=1S/C13H13ClN4OS/c14-10-4-3-5-15-11(10)18-8-9-20-13(18)16-12(19)17-6-1-2-7-17/h3-5,8-9H,1-2,6-7H2/b16-13-. The maximum absolute atomic E-state index is 12.1. The number of carbonyl (C=O) groups is 1. The van der Waals surface area contributed by atoms with Gasteiger partial charge in [-0.1, -0.05) is 11.6 Å². The van der Waals surface area contributed by atoms with Gasteiger partial charge in [0.25, 0.3) is 0 Å². The van der Waals surface area contributed by atoms with E-state index in [0.29, 0.717) is 15.6 Å². The van der Waals surface area contributed by atoms with Crippen LogP contribution in [0, 0.1) is 0 Å². The molecule has 0 unspecified atom stereocenters. The molecule has 0 aromatic carbocycles. The lowest BCUT2D eigenvalue weighted by Crippen LogP contribution is -2.27. The van der Waals surface area contributed by atoms with Crippen LogP contribution in [0.25, 0.3) is 5.82 Å². The third-order valence-corrected chi connectivity index (χ3v) is 4.18. The van der Waals surface area contributed by atoms with Crippen molar-refractivity contribution in [3.63, 3.8) is 0 Å². The van der Waals surface area contributed by atoms with Crippen molar-refractivity contribution in [3.05, 3.63) is 39.7 Å². The van der Waals surface area contributed by atoms with Crippen LogP contribution in [-0.4, -0.2) is 33.6 Å². The molecule has 1 fully saturated rings. The zero-order chi connectivity index (χ0) is 13.9. The Morgan fingerprint density at radius 2 is 2.20 bits per heavy atom. The molecule has 104 valence electrons. The van der Waals surface area contributed by atoms with Crippen molar-refractivity contribution in [3.8, 4) is 5.82 Å². The molecule has 0 N–H and O–H groups in total. The number of likely N-dealkylation sites (tertiary alicyclic amines) is 1. The Labute approximate surface area is 125 Å². The van der Waals surface area contributed by atoms with Gasteiger partial charge in [-0.25, -0.2) is 9.78 Å². The smallest absolute Gasteiger partial charge is 0.323 e. The predicted octanol–water partition coefficient (Wildman–Crippen LogP) is 2.70. The van der Waals surface area contributed by atoms with E-state index in [1.807, 2.05) is 11.6 Å². The summed E-state index contributed by atoms with van der Waals surface area (Å²) in [6, 6.07) is 3.34. The molecule has 0 bridgehead atoms. The van der Waals surface area contributed by atoms with Gasteiger partial charge in [-0.05, 0) is 25.0 Å². The molecule has 2 aromatic rings. The van der Waals surface area contributed by atoms with Gasteiger partial charge in [-0.2, -0.15) is 4.99 Å². The molecule has 1 saturated heterocycles. The summed E-state index contributed by atoms with van der Waals surface area (Å²) in [5.41, 5.74) is 0. The Morgan fingerprint density at radius 3 is 2.95 bits per heavy atom. The summed E-state index contributed by atoms with van der Waals surface area (Å²) >= 11 is 7.53. The minimum Gasteiger partial charge on any atom is -0.323 e. The summed E-state index contributed by atoms with van der Waals surface area (Å²) in [7, 11) is 0. The number of urea groups is 1. The van der Waals surface area contributed by atoms with Gasteiger partial charge in [0.1, 0.15) is 0 Å². The molecule has 3 heterocycles. The van der Waals surface area contributed by atoms with Crippen LogP contribution in [0.15, 0.2) is 34.9 Å². The predicted molar refractivity (Wildman–Crippen MR) is 78.2 cm³/mol. The first kappa shape index (κ1) is 13.3. The largest absolute Gasteiger partial charge is 0.346 e. The normalized spacial score (nSPS) is 15.8. The summed E-state index contributed by atoms with van der Waals surface area (Å²) in [5.74, 6) is 0.586. The van der Waals surface area contributed by atoms with Crippen molar-refractivity contribution < 1.29 is 4.79 Å². The summed E-state index contributed by atoms with van der Waals surface area (Å²) in [6.45, 7) is 1.58. The van der Waals surface area contributed by atoms with Gasteiger partial charge >= 0.3 is 6.03 Å². The monoisotopic (exact) mass is 308 g/mol. The SMILES string of the molecule is O=C(/N=c1\sccn1-c1ncccc1Cl)N1CCCC1. The van der Waals surface area contributed by atoms with E-state index < -0.39 is 0 Å². The molecule has 5 nitrogen and oxygen atoms in total. The Kier molecular flexibility index (Phi) is 3.84. The van der Waals surface area contributed by atoms with E-state index in [1.165, 1.54) is 11.3 Å². The fourth-order valence-corrected chi connectivity index (χ4v) is 3.04. The Morgan fingerprint density at radius 1 is 1.40 bits per heavy atom. The van der Waals surface area contributed by atoms with Crippen molar-refractivity contribution in [1.29, 1.82) is 0 Å². The van der Waals surface area contributed by atoms with Crippen LogP contribution >= 0.6 is 22.9 Å².